The fourth-order valence-electron chi connectivity index (χ4n) is 1.11. The van der Waals surface area contributed by atoms with Crippen molar-refractivity contribution >= 4 is 11.3 Å². The van der Waals surface area contributed by atoms with E-state index in [2.05, 4.69) is 25.8 Å². The second-order valence-corrected chi connectivity index (χ2v) is 5.29. The van der Waals surface area contributed by atoms with Crippen molar-refractivity contribution < 1.29 is 9.84 Å². The van der Waals surface area contributed by atoms with Gasteiger partial charge >= 0.3 is 0 Å². The van der Waals surface area contributed by atoms with Crippen molar-refractivity contribution in [1.29, 1.82) is 5.26 Å². The van der Waals surface area contributed by atoms with Crippen LogP contribution in [0.15, 0.2) is 5.38 Å². The lowest BCUT2D eigenvalue weighted by Gasteiger charge is -2.14. The second kappa shape index (κ2) is 5.39. The molecule has 0 saturated heterocycles. The molecule has 4 nitrogen and oxygen atoms in total. The summed E-state index contributed by atoms with van der Waals surface area (Å²) in [5, 5.41) is 20.4. The minimum atomic E-state index is -0.681. The number of aliphatic hydroxyl groups excluding tert-OH is 1. The Hall–Kier alpha value is -0.960. The first-order valence-electron chi connectivity index (χ1n) is 5.07. The first-order chi connectivity index (χ1) is 7.49. The van der Waals surface area contributed by atoms with Crippen LogP contribution in [0.25, 0.3) is 0 Å². The lowest BCUT2D eigenvalue weighted by molar-refractivity contribution is 0.0562. The molecule has 1 heterocycles. The number of aromatic nitrogens is 1. The molecule has 88 valence electrons. The molecular weight excluding hydrogens is 224 g/mol. The lowest BCUT2D eigenvalue weighted by Crippen LogP contribution is -2.12. The summed E-state index contributed by atoms with van der Waals surface area (Å²) in [6.07, 6.45) is -0.681. The minimum Gasteiger partial charge on any atom is -0.394 e. The van der Waals surface area contributed by atoms with E-state index in [1.807, 2.05) is 11.4 Å². The van der Waals surface area contributed by atoms with Gasteiger partial charge in [-0.15, -0.1) is 11.3 Å². The Kier molecular flexibility index (Phi) is 4.42. The molecule has 0 radical (unpaired) electrons. The smallest absolute Gasteiger partial charge is 0.186 e. The minimum absolute atomic E-state index is 0.0140. The van der Waals surface area contributed by atoms with E-state index in [1.54, 1.807) is 0 Å². The Labute approximate surface area is 99.5 Å². The molecule has 0 fully saturated rings. The summed E-state index contributed by atoms with van der Waals surface area (Å²) in [6.45, 7) is 6.29. The predicted octanol–water partition coefficient (Wildman–Crippen LogP) is 2.01. The van der Waals surface area contributed by atoms with Crippen LogP contribution < -0.4 is 0 Å². The summed E-state index contributed by atoms with van der Waals surface area (Å²) < 4.78 is 5.19. The summed E-state index contributed by atoms with van der Waals surface area (Å²) in [6, 6.07) is 2.03. The Morgan fingerprint density at radius 2 is 2.31 bits per heavy atom. The first-order valence-corrected chi connectivity index (χ1v) is 5.95. The van der Waals surface area contributed by atoms with E-state index in [0.29, 0.717) is 5.69 Å². The highest BCUT2D eigenvalue weighted by Gasteiger charge is 2.21. The van der Waals surface area contributed by atoms with Crippen LogP contribution in [-0.4, -0.2) is 23.3 Å². The van der Waals surface area contributed by atoms with Gasteiger partial charge in [0.2, 0.25) is 0 Å². The molecule has 1 aromatic heterocycles. The van der Waals surface area contributed by atoms with E-state index in [0.717, 1.165) is 5.01 Å². The van der Waals surface area contributed by atoms with E-state index < -0.39 is 6.10 Å². The molecule has 0 aliphatic carbocycles. The number of hydrogen-bond donors (Lipinski definition) is 1. The molecule has 1 rings (SSSR count). The van der Waals surface area contributed by atoms with Gasteiger partial charge in [-0.3, -0.25) is 0 Å². The van der Waals surface area contributed by atoms with Crippen LogP contribution >= 0.6 is 11.3 Å². The van der Waals surface area contributed by atoms with E-state index >= 15 is 0 Å². The Balaban J connectivity index is 2.80. The quantitative estimate of drug-likeness (QED) is 0.874. The normalized spacial score (nSPS) is 13.4. The van der Waals surface area contributed by atoms with E-state index in [1.165, 1.54) is 11.3 Å². The van der Waals surface area contributed by atoms with Crippen molar-refractivity contribution in [3.8, 4) is 6.07 Å². The van der Waals surface area contributed by atoms with E-state index in [-0.39, 0.29) is 18.6 Å². The van der Waals surface area contributed by atoms with Crippen LogP contribution in [0.3, 0.4) is 0 Å². The fourth-order valence-corrected chi connectivity index (χ4v) is 2.03. The van der Waals surface area contributed by atoms with Gasteiger partial charge < -0.3 is 9.84 Å². The number of hydrogen-bond acceptors (Lipinski definition) is 5. The number of ether oxygens (including phenoxy) is 1. The zero-order chi connectivity index (χ0) is 12.2. The van der Waals surface area contributed by atoms with Crippen molar-refractivity contribution in [2.75, 3.05) is 13.2 Å². The SMILES string of the molecule is CC(C)(C)c1nc(C(C#N)OCCO)cs1. The molecule has 5 heteroatoms. The molecular formula is C11H16N2O2S. The summed E-state index contributed by atoms with van der Waals surface area (Å²) >= 11 is 1.53. The van der Waals surface area contributed by atoms with Crippen LogP contribution in [0.4, 0.5) is 0 Å². The van der Waals surface area contributed by atoms with Crippen LogP contribution in [0, 0.1) is 11.3 Å². The van der Waals surface area contributed by atoms with Gasteiger partial charge in [0.05, 0.1) is 23.9 Å². The molecule has 0 saturated carbocycles. The molecule has 1 aromatic rings. The number of nitrogens with zero attached hydrogens (tertiary/aromatic N) is 2. The summed E-state index contributed by atoms with van der Waals surface area (Å²) in [4.78, 5) is 4.39. The van der Waals surface area contributed by atoms with Crippen molar-refractivity contribution in [2.24, 2.45) is 0 Å². The zero-order valence-electron chi connectivity index (χ0n) is 9.73. The Bertz CT molecular complexity index is 376. The number of aliphatic hydroxyl groups is 1. The molecule has 0 aliphatic heterocycles. The second-order valence-electron chi connectivity index (χ2n) is 4.43. The van der Waals surface area contributed by atoms with Crippen LogP contribution in [0.2, 0.25) is 0 Å². The van der Waals surface area contributed by atoms with Crippen molar-refractivity contribution in [2.45, 2.75) is 32.3 Å². The summed E-state index contributed by atoms with van der Waals surface area (Å²) in [5.74, 6) is 0. The maximum atomic E-state index is 8.93. The van der Waals surface area contributed by atoms with Crippen molar-refractivity contribution in [1.82, 2.24) is 4.98 Å². The van der Waals surface area contributed by atoms with E-state index in [4.69, 9.17) is 15.1 Å². The van der Waals surface area contributed by atoms with Crippen molar-refractivity contribution in [3.05, 3.63) is 16.1 Å². The average molecular weight is 240 g/mol. The maximum Gasteiger partial charge on any atom is 0.186 e. The van der Waals surface area contributed by atoms with Gasteiger partial charge in [0.15, 0.2) is 6.10 Å². The highest BCUT2D eigenvalue weighted by Crippen LogP contribution is 2.28. The number of rotatable bonds is 4. The fraction of sp³-hybridized carbons (Fsp3) is 0.636. The van der Waals surface area contributed by atoms with Gasteiger partial charge in [-0.05, 0) is 0 Å². The molecule has 1 N–H and O–H groups in total. The van der Waals surface area contributed by atoms with Gasteiger partial charge in [0, 0.05) is 10.8 Å². The summed E-state index contributed by atoms with van der Waals surface area (Å²) in [5.41, 5.74) is 0.616. The third kappa shape index (κ3) is 3.27. The average Bonchev–Trinajstić information content (AvgIpc) is 2.68. The first kappa shape index (κ1) is 13.1. The molecule has 16 heavy (non-hydrogen) atoms. The molecule has 0 aromatic carbocycles. The molecule has 0 aliphatic rings. The molecule has 0 amide bonds. The van der Waals surface area contributed by atoms with Gasteiger partial charge in [-0.1, -0.05) is 20.8 Å². The Morgan fingerprint density at radius 3 is 2.75 bits per heavy atom. The van der Waals surface area contributed by atoms with Crippen molar-refractivity contribution in [3.63, 3.8) is 0 Å². The third-order valence-electron chi connectivity index (χ3n) is 1.93. The van der Waals surface area contributed by atoms with Crippen LogP contribution in [0.5, 0.6) is 0 Å². The Morgan fingerprint density at radius 1 is 1.62 bits per heavy atom. The van der Waals surface area contributed by atoms with Crippen LogP contribution in [0.1, 0.15) is 37.6 Å². The molecule has 1 atom stereocenters. The predicted molar refractivity (Wildman–Crippen MR) is 62.2 cm³/mol. The summed E-state index contributed by atoms with van der Waals surface area (Å²) in [7, 11) is 0. The largest absolute Gasteiger partial charge is 0.394 e. The maximum absolute atomic E-state index is 8.93. The highest BCUT2D eigenvalue weighted by molar-refractivity contribution is 7.09. The third-order valence-corrected chi connectivity index (χ3v) is 3.21. The zero-order valence-corrected chi connectivity index (χ0v) is 10.5. The van der Waals surface area contributed by atoms with Crippen LogP contribution in [-0.2, 0) is 10.2 Å². The highest BCUT2D eigenvalue weighted by atomic mass is 32.1. The number of thiazole rings is 1. The topological polar surface area (TPSA) is 66.1 Å². The van der Waals surface area contributed by atoms with Gasteiger partial charge in [-0.25, -0.2) is 4.98 Å². The van der Waals surface area contributed by atoms with Gasteiger partial charge in [0.1, 0.15) is 6.07 Å². The van der Waals surface area contributed by atoms with Gasteiger partial charge in [-0.2, -0.15) is 5.26 Å². The lowest BCUT2D eigenvalue weighted by atomic mass is 9.98. The standard InChI is InChI=1S/C11H16N2O2S/c1-11(2,3)10-13-8(7-16-10)9(6-12)15-5-4-14/h7,9,14H,4-5H2,1-3H3. The van der Waals surface area contributed by atoms with E-state index in [9.17, 15) is 0 Å². The monoisotopic (exact) mass is 240 g/mol. The molecule has 1 unspecified atom stereocenters. The van der Waals surface area contributed by atoms with Gasteiger partial charge in [0.25, 0.3) is 0 Å². The molecule has 0 spiro atoms. The number of nitriles is 1. The molecule has 0 bridgehead atoms.